The quantitative estimate of drug-likeness (QED) is 0.652. The molecule has 6 heteroatoms. The summed E-state index contributed by atoms with van der Waals surface area (Å²) in [5.74, 6) is 0.525. The Hall–Kier alpha value is -1.11. The second-order valence-electron chi connectivity index (χ2n) is 3.79. The summed E-state index contributed by atoms with van der Waals surface area (Å²) in [6.45, 7) is 1.53. The minimum Gasteiger partial charge on any atom is -0.374 e. The molecule has 1 atom stereocenters. The lowest BCUT2D eigenvalue weighted by Gasteiger charge is -2.06. The fraction of sp³-hybridized carbons (Fsp3) is 0.333. The fourth-order valence-electron chi connectivity index (χ4n) is 1.45. The molecule has 0 radical (unpaired) electrons. The second kappa shape index (κ2) is 6.17. The van der Waals surface area contributed by atoms with E-state index in [9.17, 15) is 4.79 Å². The van der Waals surface area contributed by atoms with Crippen LogP contribution in [0.1, 0.15) is 13.3 Å². The number of aromatic nitrogens is 1. The molecule has 0 fully saturated rings. The predicted octanol–water partition coefficient (Wildman–Crippen LogP) is 2.23. The van der Waals surface area contributed by atoms with Crippen LogP contribution in [0.5, 0.6) is 0 Å². The summed E-state index contributed by atoms with van der Waals surface area (Å²) in [5, 5.41) is 11.4. The molecule has 1 aromatic heterocycles. The third-order valence-electron chi connectivity index (χ3n) is 2.20. The summed E-state index contributed by atoms with van der Waals surface area (Å²) in [5.41, 5.74) is 0.999. The number of aliphatic hydroxyl groups excluding tert-OH is 1. The fourth-order valence-corrected chi connectivity index (χ4v) is 3.53. The molecule has 2 aromatic rings. The lowest BCUT2D eigenvalue weighted by Crippen LogP contribution is -2.32. The van der Waals surface area contributed by atoms with Gasteiger partial charge in [-0.05, 0) is 19.1 Å². The van der Waals surface area contributed by atoms with Crippen LogP contribution in [0.4, 0.5) is 0 Å². The van der Waals surface area contributed by atoms with Gasteiger partial charge in [0.2, 0.25) is 5.91 Å². The van der Waals surface area contributed by atoms with Crippen molar-refractivity contribution < 1.29 is 9.90 Å². The Bertz CT molecular complexity index is 507. The van der Waals surface area contributed by atoms with Gasteiger partial charge in [0.15, 0.2) is 4.34 Å². The molecule has 1 amide bonds. The zero-order valence-electron chi connectivity index (χ0n) is 9.92. The Balaban J connectivity index is 1.85. The zero-order chi connectivity index (χ0) is 13.0. The van der Waals surface area contributed by atoms with Crippen molar-refractivity contribution in [3.8, 4) is 0 Å². The van der Waals surface area contributed by atoms with Gasteiger partial charge in [0, 0.05) is 12.2 Å². The van der Waals surface area contributed by atoms with Gasteiger partial charge in [0.25, 0.3) is 0 Å². The van der Waals surface area contributed by atoms with E-state index in [-0.39, 0.29) is 5.91 Å². The van der Waals surface area contributed by atoms with E-state index in [0.717, 1.165) is 14.6 Å². The minimum atomic E-state index is -0.787. The molecule has 96 valence electrons. The van der Waals surface area contributed by atoms with Crippen LogP contribution < -0.4 is 5.32 Å². The SMILES string of the molecule is CC(O)NC(=O)CCSc1nc2ccccc2s1. The first-order valence-corrected chi connectivity index (χ1v) is 7.41. The van der Waals surface area contributed by atoms with Crippen LogP contribution in [-0.2, 0) is 4.79 Å². The Labute approximate surface area is 113 Å². The standard InChI is InChI=1S/C12H14N2O2S2/c1-8(15)13-11(16)6-7-17-12-14-9-4-2-3-5-10(9)18-12/h2-5,8,15H,6-7H2,1H3,(H,13,16). The van der Waals surface area contributed by atoms with Crippen molar-refractivity contribution in [1.29, 1.82) is 0 Å². The van der Waals surface area contributed by atoms with E-state index in [0.29, 0.717) is 12.2 Å². The second-order valence-corrected chi connectivity index (χ2v) is 6.16. The average molecular weight is 282 g/mol. The van der Waals surface area contributed by atoms with Crippen molar-refractivity contribution in [2.45, 2.75) is 23.9 Å². The Morgan fingerprint density at radius 2 is 2.33 bits per heavy atom. The number of para-hydroxylation sites is 1. The van der Waals surface area contributed by atoms with Crippen molar-refractivity contribution in [1.82, 2.24) is 10.3 Å². The van der Waals surface area contributed by atoms with Gasteiger partial charge in [-0.2, -0.15) is 0 Å². The van der Waals surface area contributed by atoms with Crippen LogP contribution in [0.2, 0.25) is 0 Å². The first kappa shape index (κ1) is 13.3. The lowest BCUT2D eigenvalue weighted by atomic mass is 10.3. The molecule has 0 saturated heterocycles. The third-order valence-corrected chi connectivity index (χ3v) is 4.38. The van der Waals surface area contributed by atoms with Gasteiger partial charge in [-0.25, -0.2) is 4.98 Å². The molecular formula is C12H14N2O2S2. The number of aliphatic hydroxyl groups is 1. The highest BCUT2D eigenvalue weighted by molar-refractivity contribution is 8.01. The van der Waals surface area contributed by atoms with Crippen LogP contribution in [0.3, 0.4) is 0 Å². The number of nitrogens with zero attached hydrogens (tertiary/aromatic N) is 1. The maximum Gasteiger partial charge on any atom is 0.222 e. The first-order valence-electron chi connectivity index (χ1n) is 5.61. The van der Waals surface area contributed by atoms with E-state index in [1.54, 1.807) is 23.1 Å². The average Bonchev–Trinajstić information content (AvgIpc) is 2.70. The molecule has 0 saturated carbocycles. The van der Waals surface area contributed by atoms with Gasteiger partial charge >= 0.3 is 0 Å². The molecule has 0 aliphatic rings. The van der Waals surface area contributed by atoms with Crippen LogP contribution in [0.25, 0.3) is 10.2 Å². The van der Waals surface area contributed by atoms with Gasteiger partial charge in [-0.1, -0.05) is 23.9 Å². The summed E-state index contributed by atoms with van der Waals surface area (Å²) in [4.78, 5) is 15.8. The van der Waals surface area contributed by atoms with Crippen molar-refractivity contribution in [2.24, 2.45) is 0 Å². The topological polar surface area (TPSA) is 62.2 Å². The molecule has 18 heavy (non-hydrogen) atoms. The van der Waals surface area contributed by atoms with E-state index in [4.69, 9.17) is 5.11 Å². The highest BCUT2D eigenvalue weighted by atomic mass is 32.2. The van der Waals surface area contributed by atoms with Crippen LogP contribution in [0, 0.1) is 0 Å². The number of carbonyl (C=O) groups excluding carboxylic acids is 1. The number of carbonyl (C=O) groups is 1. The molecule has 0 spiro atoms. The Morgan fingerprint density at radius 3 is 3.06 bits per heavy atom. The van der Waals surface area contributed by atoms with E-state index in [1.807, 2.05) is 24.3 Å². The van der Waals surface area contributed by atoms with Gasteiger partial charge in [0.05, 0.1) is 10.2 Å². The van der Waals surface area contributed by atoms with E-state index in [2.05, 4.69) is 10.3 Å². The maximum absolute atomic E-state index is 11.3. The van der Waals surface area contributed by atoms with Crippen LogP contribution >= 0.6 is 23.1 Å². The lowest BCUT2D eigenvalue weighted by molar-refractivity contribution is -0.123. The van der Waals surface area contributed by atoms with Gasteiger partial charge < -0.3 is 10.4 Å². The number of thioether (sulfide) groups is 1. The number of amides is 1. The van der Waals surface area contributed by atoms with E-state index < -0.39 is 6.23 Å². The number of nitrogens with one attached hydrogen (secondary N) is 1. The molecule has 2 rings (SSSR count). The first-order chi connectivity index (χ1) is 8.65. The van der Waals surface area contributed by atoms with E-state index >= 15 is 0 Å². The van der Waals surface area contributed by atoms with Crippen molar-refractivity contribution in [2.75, 3.05) is 5.75 Å². The zero-order valence-corrected chi connectivity index (χ0v) is 11.6. The number of hydrogen-bond acceptors (Lipinski definition) is 5. The summed E-state index contributed by atoms with van der Waals surface area (Å²) in [6, 6.07) is 7.98. The van der Waals surface area contributed by atoms with Gasteiger partial charge in [-0.15, -0.1) is 11.3 Å². The molecule has 4 nitrogen and oxygen atoms in total. The molecule has 1 aromatic carbocycles. The Morgan fingerprint density at radius 1 is 1.56 bits per heavy atom. The number of thiazole rings is 1. The van der Waals surface area contributed by atoms with E-state index in [1.165, 1.54) is 6.92 Å². The maximum atomic E-state index is 11.3. The predicted molar refractivity (Wildman–Crippen MR) is 74.8 cm³/mol. The van der Waals surface area contributed by atoms with Crippen molar-refractivity contribution in [3.05, 3.63) is 24.3 Å². The summed E-state index contributed by atoms with van der Waals surface area (Å²) >= 11 is 3.20. The van der Waals surface area contributed by atoms with Gasteiger partial charge in [0.1, 0.15) is 6.23 Å². The molecule has 2 N–H and O–H groups in total. The van der Waals surface area contributed by atoms with Crippen molar-refractivity contribution >= 4 is 39.2 Å². The molecule has 0 aliphatic heterocycles. The van der Waals surface area contributed by atoms with Crippen LogP contribution in [0.15, 0.2) is 28.6 Å². The number of rotatable bonds is 5. The highest BCUT2D eigenvalue weighted by Gasteiger charge is 2.07. The summed E-state index contributed by atoms with van der Waals surface area (Å²) < 4.78 is 2.13. The third kappa shape index (κ3) is 3.69. The Kier molecular flexibility index (Phi) is 4.57. The molecule has 0 bridgehead atoms. The number of fused-ring (bicyclic) bond motifs is 1. The largest absolute Gasteiger partial charge is 0.374 e. The molecule has 0 aliphatic carbocycles. The molecule has 1 unspecified atom stereocenters. The normalized spacial score (nSPS) is 12.6. The molecular weight excluding hydrogens is 268 g/mol. The molecule has 1 heterocycles. The smallest absolute Gasteiger partial charge is 0.222 e. The number of benzene rings is 1. The van der Waals surface area contributed by atoms with Crippen molar-refractivity contribution in [3.63, 3.8) is 0 Å². The van der Waals surface area contributed by atoms with Gasteiger partial charge in [-0.3, -0.25) is 4.79 Å². The van der Waals surface area contributed by atoms with Crippen LogP contribution in [-0.4, -0.2) is 28.0 Å². The number of hydrogen-bond donors (Lipinski definition) is 2. The summed E-state index contributed by atoms with van der Waals surface area (Å²) in [7, 11) is 0. The highest BCUT2D eigenvalue weighted by Crippen LogP contribution is 2.29. The monoisotopic (exact) mass is 282 g/mol. The summed E-state index contributed by atoms with van der Waals surface area (Å²) in [6.07, 6.45) is -0.407. The minimum absolute atomic E-state index is 0.140.